The molecule has 8 heteroatoms. The molecule has 0 bridgehead atoms. The second kappa shape index (κ2) is 9.20. The van der Waals surface area contributed by atoms with E-state index in [-0.39, 0.29) is 22.7 Å². The monoisotopic (exact) mass is 449 g/mol. The van der Waals surface area contributed by atoms with Crippen molar-refractivity contribution < 1.29 is 24.4 Å². The van der Waals surface area contributed by atoms with Gasteiger partial charge in [0.25, 0.3) is 5.91 Å². The Balaban J connectivity index is 1.83. The van der Waals surface area contributed by atoms with Crippen LogP contribution in [-0.4, -0.2) is 28.2 Å². The molecular formula is C24H20ClN3O4. The summed E-state index contributed by atoms with van der Waals surface area (Å²) in [6.07, 6.45) is 6.63. The number of likely N-dealkylation sites (tertiary alicyclic amines) is 1. The maximum Gasteiger partial charge on any atom is 0.295 e. The number of hydrogen-bond donors (Lipinski definition) is 0. The van der Waals surface area contributed by atoms with Crippen molar-refractivity contribution in [2.24, 2.45) is 0 Å². The number of aromatic amines is 1. The molecule has 3 heterocycles. The van der Waals surface area contributed by atoms with Crippen LogP contribution in [0, 0.1) is 0 Å². The molecule has 0 saturated carbocycles. The highest BCUT2D eigenvalue weighted by Gasteiger charge is 2.44. The van der Waals surface area contributed by atoms with Gasteiger partial charge in [-0.15, -0.1) is 0 Å². The minimum absolute atomic E-state index is 0.122. The van der Waals surface area contributed by atoms with E-state index in [9.17, 15) is 14.7 Å². The molecule has 4 rings (SSSR count). The molecule has 1 aromatic carbocycles. The van der Waals surface area contributed by atoms with Crippen LogP contribution in [0.25, 0.3) is 5.76 Å². The molecule has 1 unspecified atom stereocenters. The summed E-state index contributed by atoms with van der Waals surface area (Å²) in [6, 6.07) is 10.8. The first-order chi connectivity index (χ1) is 15.5. The summed E-state index contributed by atoms with van der Waals surface area (Å²) in [6.45, 7) is 2.40. The molecule has 7 nitrogen and oxygen atoms in total. The fourth-order valence-corrected chi connectivity index (χ4v) is 3.95. The lowest BCUT2D eigenvalue weighted by molar-refractivity contribution is -0.378. The second-order valence-corrected chi connectivity index (χ2v) is 7.59. The van der Waals surface area contributed by atoms with Crippen LogP contribution in [0.2, 0.25) is 5.02 Å². The second-order valence-electron chi connectivity index (χ2n) is 7.18. The standard InChI is InChI=1S/C24H20ClN3O4/c1-2-32-19-8-7-16(11-18(19)25)22(29)20-21(17-6-4-10-27-13-17)28(24(31)23(20)30)14-15-5-3-9-26-12-15/h3-13,21,29H,2,14H2,1H3. The Kier molecular flexibility index (Phi) is 6.18. The van der Waals surface area contributed by atoms with Crippen molar-refractivity contribution in [2.75, 3.05) is 6.61 Å². The molecule has 2 aromatic heterocycles. The van der Waals surface area contributed by atoms with Crippen molar-refractivity contribution in [1.82, 2.24) is 9.88 Å². The van der Waals surface area contributed by atoms with Gasteiger partial charge in [-0.2, -0.15) is 0 Å². The Bertz CT molecular complexity index is 1180. The average molecular weight is 450 g/mol. The molecule has 1 aliphatic rings. The number of ketones is 1. The number of ether oxygens (including phenoxy) is 1. The molecule has 162 valence electrons. The Labute approximate surface area is 190 Å². The lowest BCUT2D eigenvalue weighted by Gasteiger charge is -2.27. The highest BCUT2D eigenvalue weighted by atomic mass is 35.5. The Morgan fingerprint density at radius 3 is 2.75 bits per heavy atom. The Morgan fingerprint density at radius 2 is 2.09 bits per heavy atom. The quantitative estimate of drug-likeness (QED) is 0.327. The van der Waals surface area contributed by atoms with Crippen LogP contribution in [0.1, 0.15) is 29.7 Å². The predicted molar refractivity (Wildman–Crippen MR) is 115 cm³/mol. The zero-order valence-electron chi connectivity index (χ0n) is 17.2. The average Bonchev–Trinajstić information content (AvgIpc) is 3.06. The fourth-order valence-electron chi connectivity index (χ4n) is 3.71. The van der Waals surface area contributed by atoms with E-state index in [4.69, 9.17) is 16.3 Å². The van der Waals surface area contributed by atoms with Crippen LogP contribution >= 0.6 is 11.6 Å². The zero-order chi connectivity index (χ0) is 22.7. The van der Waals surface area contributed by atoms with Crippen LogP contribution in [0.4, 0.5) is 0 Å². The summed E-state index contributed by atoms with van der Waals surface area (Å²) in [5.74, 6) is -1.67. The number of benzene rings is 1. The maximum absolute atomic E-state index is 13.4. The predicted octanol–water partition coefficient (Wildman–Crippen LogP) is 2.37. The number of amides is 1. The molecule has 32 heavy (non-hydrogen) atoms. The molecule has 1 aliphatic heterocycles. The minimum atomic E-state index is -0.859. The van der Waals surface area contributed by atoms with Gasteiger partial charge >= 0.3 is 0 Å². The van der Waals surface area contributed by atoms with Crippen molar-refractivity contribution in [1.29, 1.82) is 0 Å². The first-order valence-corrected chi connectivity index (χ1v) is 10.4. The number of hydrogen-bond acceptors (Lipinski definition) is 5. The Morgan fingerprint density at radius 1 is 1.25 bits per heavy atom. The Hall–Kier alpha value is -3.71. The van der Waals surface area contributed by atoms with Crippen molar-refractivity contribution in [3.63, 3.8) is 0 Å². The lowest BCUT2D eigenvalue weighted by Crippen LogP contribution is -2.29. The van der Waals surface area contributed by atoms with Gasteiger partial charge < -0.3 is 14.7 Å². The molecule has 0 radical (unpaired) electrons. The molecule has 0 aliphatic carbocycles. The van der Waals surface area contributed by atoms with E-state index in [2.05, 4.69) is 9.97 Å². The van der Waals surface area contributed by atoms with Gasteiger partial charge in [-0.25, -0.2) is 4.98 Å². The van der Waals surface area contributed by atoms with E-state index in [1.807, 2.05) is 13.0 Å². The number of nitrogens with zero attached hydrogens (tertiary/aromatic N) is 2. The number of rotatable bonds is 6. The molecule has 3 aromatic rings. The van der Waals surface area contributed by atoms with Gasteiger partial charge in [0.05, 0.1) is 24.2 Å². The topological polar surface area (TPSA) is 96.7 Å². The molecule has 1 atom stereocenters. The fraction of sp³-hybridized carbons (Fsp3) is 0.167. The molecular weight excluding hydrogens is 430 g/mol. The SMILES string of the molecule is CCOc1ccc(C([O-])=C2C(=O)C(=O)N(Cc3ccc[nH+]c3)C2c2cccnc2)cc1Cl. The maximum atomic E-state index is 13.4. The lowest BCUT2D eigenvalue weighted by atomic mass is 9.96. The van der Waals surface area contributed by atoms with Crippen LogP contribution in [0.3, 0.4) is 0 Å². The van der Waals surface area contributed by atoms with Gasteiger partial charge in [-0.3, -0.25) is 14.6 Å². The van der Waals surface area contributed by atoms with Gasteiger partial charge in [0, 0.05) is 29.6 Å². The van der Waals surface area contributed by atoms with E-state index < -0.39 is 23.5 Å². The van der Waals surface area contributed by atoms with Gasteiger partial charge in [0.1, 0.15) is 5.75 Å². The van der Waals surface area contributed by atoms with Crippen LogP contribution in [-0.2, 0) is 16.1 Å². The number of nitrogens with one attached hydrogen (secondary N) is 1. The third-order valence-corrected chi connectivity index (χ3v) is 5.44. The summed E-state index contributed by atoms with van der Waals surface area (Å²) in [5.41, 5.74) is 1.45. The third kappa shape index (κ3) is 4.07. The highest BCUT2D eigenvalue weighted by Crippen LogP contribution is 2.40. The van der Waals surface area contributed by atoms with Crippen molar-refractivity contribution in [3.05, 3.63) is 94.5 Å². The number of aromatic nitrogens is 2. The van der Waals surface area contributed by atoms with Crippen LogP contribution in [0.5, 0.6) is 5.75 Å². The molecule has 1 N–H and O–H groups in total. The number of halogens is 1. The smallest absolute Gasteiger partial charge is 0.295 e. The number of pyridine rings is 2. The van der Waals surface area contributed by atoms with E-state index in [1.54, 1.807) is 55.1 Å². The summed E-state index contributed by atoms with van der Waals surface area (Å²) < 4.78 is 5.42. The van der Waals surface area contributed by atoms with Crippen molar-refractivity contribution in [2.45, 2.75) is 19.5 Å². The number of carbonyl (C=O) groups excluding carboxylic acids is 2. The minimum Gasteiger partial charge on any atom is -0.872 e. The summed E-state index contributed by atoms with van der Waals surface area (Å²) in [5, 5.41) is 13.7. The number of Topliss-reactive ketones (excluding diaryl/α,β-unsaturated/α-hetero) is 1. The van der Waals surface area contributed by atoms with Gasteiger partial charge in [0.15, 0.2) is 12.4 Å². The summed E-state index contributed by atoms with van der Waals surface area (Å²) in [7, 11) is 0. The third-order valence-electron chi connectivity index (χ3n) is 5.15. The van der Waals surface area contributed by atoms with Crippen LogP contribution in [0.15, 0.2) is 72.8 Å². The van der Waals surface area contributed by atoms with Gasteiger partial charge in [0.2, 0.25) is 5.78 Å². The van der Waals surface area contributed by atoms with Crippen LogP contribution < -0.4 is 14.8 Å². The molecule has 1 amide bonds. The number of carbonyl (C=O) groups is 2. The highest BCUT2D eigenvalue weighted by molar-refractivity contribution is 6.46. The van der Waals surface area contributed by atoms with Gasteiger partial charge in [-0.05, 0) is 42.3 Å². The van der Waals surface area contributed by atoms with E-state index in [0.29, 0.717) is 17.9 Å². The van der Waals surface area contributed by atoms with Gasteiger partial charge in [-0.1, -0.05) is 29.5 Å². The normalized spacial score (nSPS) is 17.6. The first-order valence-electron chi connectivity index (χ1n) is 10.1. The first kappa shape index (κ1) is 21.5. The zero-order valence-corrected chi connectivity index (χ0v) is 18.0. The van der Waals surface area contributed by atoms with E-state index in [0.717, 1.165) is 5.56 Å². The van der Waals surface area contributed by atoms with E-state index >= 15 is 0 Å². The molecule has 1 fully saturated rings. The summed E-state index contributed by atoms with van der Waals surface area (Å²) >= 11 is 6.25. The number of H-pyrrole nitrogens is 1. The van der Waals surface area contributed by atoms with Crippen molar-refractivity contribution >= 4 is 29.1 Å². The summed E-state index contributed by atoms with van der Waals surface area (Å²) in [4.78, 5) is 34.5. The molecule has 0 spiro atoms. The van der Waals surface area contributed by atoms with E-state index in [1.165, 1.54) is 11.0 Å². The molecule has 1 saturated heterocycles. The van der Waals surface area contributed by atoms with Crippen molar-refractivity contribution in [3.8, 4) is 5.75 Å². The largest absolute Gasteiger partial charge is 0.872 e.